The lowest BCUT2D eigenvalue weighted by Gasteiger charge is -2.43. The van der Waals surface area contributed by atoms with Crippen molar-refractivity contribution >= 4 is 16.9 Å². The zero-order valence-electron chi connectivity index (χ0n) is 17.9. The first-order valence-electron chi connectivity index (χ1n) is 11.1. The number of amides is 1. The highest BCUT2D eigenvalue weighted by atomic mass is 16.2. The minimum atomic E-state index is 0.0438. The highest BCUT2D eigenvalue weighted by molar-refractivity contribution is 5.97. The fourth-order valence-corrected chi connectivity index (χ4v) is 5.37. The van der Waals surface area contributed by atoms with Crippen LogP contribution in [0, 0.1) is 5.92 Å². The number of carbonyl (C=O) groups is 1. The van der Waals surface area contributed by atoms with Crippen molar-refractivity contribution in [3.05, 3.63) is 88.6 Å². The van der Waals surface area contributed by atoms with Gasteiger partial charge in [-0.1, -0.05) is 30.3 Å². The molecule has 6 heteroatoms. The van der Waals surface area contributed by atoms with Gasteiger partial charge in [-0.05, 0) is 47.7 Å². The third-order valence-electron chi connectivity index (χ3n) is 6.92. The number of aromatic nitrogens is 3. The van der Waals surface area contributed by atoms with Crippen molar-refractivity contribution in [1.82, 2.24) is 19.0 Å². The number of fused-ring (bicyclic) bond motifs is 5. The zero-order valence-corrected chi connectivity index (χ0v) is 17.9. The van der Waals surface area contributed by atoms with Crippen LogP contribution in [0.5, 0.6) is 0 Å². The van der Waals surface area contributed by atoms with Gasteiger partial charge in [0.25, 0.3) is 11.5 Å². The molecule has 0 unspecified atom stereocenters. The van der Waals surface area contributed by atoms with E-state index in [9.17, 15) is 9.59 Å². The van der Waals surface area contributed by atoms with Crippen molar-refractivity contribution in [2.24, 2.45) is 13.0 Å². The van der Waals surface area contributed by atoms with E-state index in [1.807, 2.05) is 69.6 Å². The number of aryl methyl sites for hydroxylation is 1. The van der Waals surface area contributed by atoms with Crippen molar-refractivity contribution in [3.63, 3.8) is 0 Å². The summed E-state index contributed by atoms with van der Waals surface area (Å²) in [5.74, 6) is 0.507. The van der Waals surface area contributed by atoms with Gasteiger partial charge >= 0.3 is 0 Å². The van der Waals surface area contributed by atoms with E-state index in [4.69, 9.17) is 0 Å². The number of carbonyl (C=O) groups excluding carboxylic acids is 1. The summed E-state index contributed by atoms with van der Waals surface area (Å²) in [6.07, 6.45) is 2.78. The number of benzene rings is 2. The Morgan fingerprint density at radius 3 is 2.66 bits per heavy atom. The van der Waals surface area contributed by atoms with E-state index in [0.29, 0.717) is 31.1 Å². The van der Waals surface area contributed by atoms with Crippen molar-refractivity contribution in [2.75, 3.05) is 13.1 Å². The van der Waals surface area contributed by atoms with Crippen LogP contribution in [0.15, 0.2) is 71.8 Å². The number of imidazole rings is 1. The van der Waals surface area contributed by atoms with Gasteiger partial charge in [-0.3, -0.25) is 9.59 Å². The second kappa shape index (κ2) is 7.19. The number of rotatable bonds is 2. The summed E-state index contributed by atoms with van der Waals surface area (Å²) in [5, 5.41) is 0. The molecule has 0 spiro atoms. The zero-order chi connectivity index (χ0) is 21.8. The van der Waals surface area contributed by atoms with Gasteiger partial charge in [-0.25, -0.2) is 4.98 Å². The van der Waals surface area contributed by atoms with Gasteiger partial charge in [0.15, 0.2) is 0 Å². The van der Waals surface area contributed by atoms with Crippen LogP contribution in [-0.4, -0.2) is 38.0 Å². The molecule has 4 heterocycles. The van der Waals surface area contributed by atoms with Gasteiger partial charge < -0.3 is 14.0 Å². The number of nitrogens with zero attached hydrogens (tertiary/aromatic N) is 4. The van der Waals surface area contributed by atoms with Gasteiger partial charge in [0, 0.05) is 49.9 Å². The fraction of sp³-hybridized carbons (Fsp3) is 0.269. The van der Waals surface area contributed by atoms with Crippen LogP contribution < -0.4 is 5.56 Å². The van der Waals surface area contributed by atoms with Gasteiger partial charge in [0.05, 0.1) is 17.4 Å². The van der Waals surface area contributed by atoms with E-state index < -0.39 is 0 Å². The summed E-state index contributed by atoms with van der Waals surface area (Å²) >= 11 is 0. The maximum absolute atomic E-state index is 13.4. The lowest BCUT2D eigenvalue weighted by Crippen LogP contribution is -2.49. The van der Waals surface area contributed by atoms with Crippen LogP contribution in [0.1, 0.15) is 28.4 Å². The lowest BCUT2D eigenvalue weighted by molar-refractivity contribution is 0.0595. The Hall–Kier alpha value is -3.67. The largest absolute Gasteiger partial charge is 0.338 e. The molecule has 2 atom stereocenters. The minimum absolute atomic E-state index is 0.0438. The van der Waals surface area contributed by atoms with Gasteiger partial charge in [-0.15, -0.1) is 0 Å². The molecule has 160 valence electrons. The Labute approximate surface area is 185 Å². The van der Waals surface area contributed by atoms with Crippen LogP contribution in [0.3, 0.4) is 0 Å². The van der Waals surface area contributed by atoms with Crippen LogP contribution in [-0.2, 0) is 13.6 Å². The molecule has 2 aromatic carbocycles. The molecule has 2 bridgehead atoms. The van der Waals surface area contributed by atoms with Crippen LogP contribution in [0.4, 0.5) is 0 Å². The van der Waals surface area contributed by atoms with Gasteiger partial charge in [0.1, 0.15) is 0 Å². The Kier molecular flexibility index (Phi) is 4.28. The maximum atomic E-state index is 13.4. The van der Waals surface area contributed by atoms with Crippen LogP contribution >= 0.6 is 0 Å². The Morgan fingerprint density at radius 2 is 1.81 bits per heavy atom. The monoisotopic (exact) mass is 424 g/mol. The normalized spacial score (nSPS) is 19.7. The molecule has 0 N–H and O–H groups in total. The second-order valence-corrected chi connectivity index (χ2v) is 9.05. The van der Waals surface area contributed by atoms with Crippen LogP contribution in [0.25, 0.3) is 22.2 Å². The third kappa shape index (κ3) is 3.06. The topological polar surface area (TPSA) is 60.1 Å². The molecule has 0 saturated carbocycles. The molecule has 2 aliphatic rings. The first-order valence-corrected chi connectivity index (χ1v) is 11.1. The maximum Gasteiger partial charge on any atom is 0.253 e. The highest BCUT2D eigenvalue weighted by Gasteiger charge is 2.37. The van der Waals surface area contributed by atoms with E-state index in [1.54, 1.807) is 12.4 Å². The molecule has 0 radical (unpaired) electrons. The summed E-state index contributed by atoms with van der Waals surface area (Å²) in [4.78, 5) is 32.7. The van der Waals surface area contributed by atoms with E-state index in [0.717, 1.165) is 34.3 Å². The Bertz CT molecular complexity index is 1400. The summed E-state index contributed by atoms with van der Waals surface area (Å²) < 4.78 is 3.88. The van der Waals surface area contributed by atoms with Crippen molar-refractivity contribution in [1.29, 1.82) is 0 Å². The molecule has 32 heavy (non-hydrogen) atoms. The summed E-state index contributed by atoms with van der Waals surface area (Å²) in [6, 6.07) is 19.6. The molecule has 1 amide bonds. The number of hydrogen-bond donors (Lipinski definition) is 0. The average molecular weight is 425 g/mol. The van der Waals surface area contributed by atoms with E-state index in [2.05, 4.69) is 11.1 Å². The molecule has 1 fully saturated rings. The predicted octanol–water partition coefficient (Wildman–Crippen LogP) is 3.66. The van der Waals surface area contributed by atoms with Crippen molar-refractivity contribution < 1.29 is 4.79 Å². The first kappa shape index (κ1) is 19.0. The van der Waals surface area contributed by atoms with Crippen LogP contribution in [0.2, 0.25) is 0 Å². The molecule has 2 aliphatic heterocycles. The third-order valence-corrected chi connectivity index (χ3v) is 6.92. The quantitative estimate of drug-likeness (QED) is 0.493. The summed E-state index contributed by atoms with van der Waals surface area (Å²) in [7, 11) is 1.95. The number of pyridine rings is 1. The van der Waals surface area contributed by atoms with Gasteiger partial charge in [0.2, 0.25) is 0 Å². The Morgan fingerprint density at radius 1 is 0.969 bits per heavy atom. The number of hydrogen-bond acceptors (Lipinski definition) is 3. The molecule has 0 aliphatic carbocycles. The number of likely N-dealkylation sites (tertiary alicyclic amines) is 1. The van der Waals surface area contributed by atoms with E-state index >= 15 is 0 Å². The molecular weight excluding hydrogens is 400 g/mol. The second-order valence-electron chi connectivity index (χ2n) is 9.05. The fourth-order valence-electron chi connectivity index (χ4n) is 5.37. The average Bonchev–Trinajstić information content (AvgIpc) is 3.19. The molecule has 6 rings (SSSR count). The Balaban J connectivity index is 1.33. The van der Waals surface area contributed by atoms with Gasteiger partial charge in [-0.2, -0.15) is 0 Å². The predicted molar refractivity (Wildman–Crippen MR) is 124 cm³/mol. The van der Waals surface area contributed by atoms with E-state index in [1.165, 1.54) is 0 Å². The molecule has 6 nitrogen and oxygen atoms in total. The molecule has 4 aromatic rings. The minimum Gasteiger partial charge on any atom is -0.338 e. The molecular formula is C26H24N4O2. The highest BCUT2D eigenvalue weighted by Crippen LogP contribution is 2.37. The smallest absolute Gasteiger partial charge is 0.253 e. The molecule has 1 saturated heterocycles. The van der Waals surface area contributed by atoms with Crippen molar-refractivity contribution in [3.8, 4) is 11.1 Å². The molecule has 2 aromatic heterocycles. The summed E-state index contributed by atoms with van der Waals surface area (Å²) in [5.41, 5.74) is 5.61. The first-order chi connectivity index (χ1) is 15.6. The summed E-state index contributed by atoms with van der Waals surface area (Å²) in [6.45, 7) is 1.98. The number of piperidine rings is 1. The lowest BCUT2D eigenvalue weighted by atomic mass is 9.82. The van der Waals surface area contributed by atoms with Crippen molar-refractivity contribution in [2.45, 2.75) is 18.9 Å². The SMILES string of the molecule is Cn1cnc2cc(C(=O)N3C[C@@H]4C[C@H](C3)c3cc(-c5ccccc5)cc(=O)n3C4)ccc21. The van der Waals surface area contributed by atoms with E-state index in [-0.39, 0.29) is 17.4 Å². The standard InChI is InChI=1S/C26H24N4O2/c1-28-16-27-22-10-19(7-8-23(22)28)26(32)29-13-17-9-21(15-29)24-11-20(12-25(31)30(24)14-17)18-5-3-2-4-6-18/h2-8,10-12,16-17,21H,9,13-15H2,1H3/t17-,21+/m0/s1.